The van der Waals surface area contributed by atoms with Gasteiger partial charge in [-0.15, -0.1) is 5.10 Å². The minimum atomic E-state index is -4.45. The smallest absolute Gasteiger partial charge is 0.259 e. The Hall–Kier alpha value is -1.77. The topological polar surface area (TPSA) is 60.7 Å². The number of hydrogen-bond donors (Lipinski definition) is 0. The minimum absolute atomic E-state index is 0.0165. The van der Waals surface area contributed by atoms with Crippen LogP contribution < -0.4 is 0 Å². The molecule has 0 spiro atoms. The summed E-state index contributed by atoms with van der Waals surface area (Å²) in [5.74, 6) is 0.262. The van der Waals surface area contributed by atoms with Crippen molar-refractivity contribution in [1.82, 2.24) is 20.2 Å². The summed E-state index contributed by atoms with van der Waals surface area (Å²) in [6.45, 7) is 2.53. The molecule has 0 saturated heterocycles. The van der Waals surface area contributed by atoms with E-state index in [9.17, 15) is 17.4 Å². The standard InChI is InChI=1S/C13H15F3N4OS/c1-2-7-20-12(17-18-19-20)9-22(21)8-10-5-3-4-6-11(10)13(14,15)16/h3-6H,2,7-9H2,1H3. The first kappa shape index (κ1) is 16.6. The average Bonchev–Trinajstić information content (AvgIpc) is 2.86. The van der Waals surface area contributed by atoms with Gasteiger partial charge >= 0.3 is 6.18 Å². The van der Waals surface area contributed by atoms with Crippen molar-refractivity contribution >= 4 is 10.8 Å². The average molecular weight is 332 g/mol. The van der Waals surface area contributed by atoms with E-state index in [1.807, 2.05) is 6.92 Å². The molecule has 0 aliphatic rings. The Morgan fingerprint density at radius 3 is 2.64 bits per heavy atom. The number of halogens is 3. The van der Waals surface area contributed by atoms with Crippen LogP contribution in [0.3, 0.4) is 0 Å². The molecule has 0 bridgehead atoms. The molecule has 9 heteroatoms. The van der Waals surface area contributed by atoms with Crippen molar-refractivity contribution in [2.24, 2.45) is 0 Å². The third kappa shape index (κ3) is 4.12. The van der Waals surface area contributed by atoms with Crippen LogP contribution in [0.5, 0.6) is 0 Å². The van der Waals surface area contributed by atoms with Gasteiger partial charge in [0, 0.05) is 23.1 Å². The molecule has 22 heavy (non-hydrogen) atoms. The van der Waals surface area contributed by atoms with Gasteiger partial charge in [0.05, 0.1) is 11.3 Å². The summed E-state index contributed by atoms with van der Waals surface area (Å²) in [5, 5.41) is 11.0. The highest BCUT2D eigenvalue weighted by molar-refractivity contribution is 7.83. The third-order valence-electron chi connectivity index (χ3n) is 2.97. The van der Waals surface area contributed by atoms with E-state index in [-0.39, 0.29) is 17.1 Å². The maximum Gasteiger partial charge on any atom is 0.416 e. The molecular formula is C13H15F3N4OS. The lowest BCUT2D eigenvalue weighted by Crippen LogP contribution is -2.13. The summed E-state index contributed by atoms with van der Waals surface area (Å²) in [6, 6.07) is 5.16. The Bertz CT molecular complexity index is 657. The lowest BCUT2D eigenvalue weighted by molar-refractivity contribution is -0.138. The molecule has 1 atom stereocenters. The first-order valence-electron chi connectivity index (χ1n) is 6.67. The second-order valence-electron chi connectivity index (χ2n) is 4.70. The molecule has 1 unspecified atom stereocenters. The predicted molar refractivity (Wildman–Crippen MR) is 75.1 cm³/mol. The highest BCUT2D eigenvalue weighted by Gasteiger charge is 2.33. The van der Waals surface area contributed by atoms with Crippen LogP contribution in [0.25, 0.3) is 0 Å². The fourth-order valence-corrected chi connectivity index (χ4v) is 3.20. The summed E-state index contributed by atoms with van der Waals surface area (Å²) in [6.07, 6.45) is -3.65. The molecule has 1 aromatic heterocycles. The molecule has 2 aromatic rings. The van der Waals surface area contributed by atoms with Crippen LogP contribution in [0, 0.1) is 0 Å². The normalized spacial score (nSPS) is 13.3. The van der Waals surface area contributed by atoms with Crippen LogP contribution >= 0.6 is 0 Å². The second-order valence-corrected chi connectivity index (χ2v) is 6.16. The quantitative estimate of drug-likeness (QED) is 0.816. The van der Waals surface area contributed by atoms with E-state index in [0.29, 0.717) is 12.4 Å². The Balaban J connectivity index is 2.11. The van der Waals surface area contributed by atoms with Gasteiger partial charge in [-0.25, -0.2) is 4.68 Å². The van der Waals surface area contributed by atoms with Crippen LogP contribution in [-0.4, -0.2) is 24.4 Å². The van der Waals surface area contributed by atoms with E-state index in [4.69, 9.17) is 0 Å². The first-order valence-corrected chi connectivity index (χ1v) is 8.15. The Morgan fingerprint density at radius 1 is 1.23 bits per heavy atom. The molecule has 0 radical (unpaired) electrons. The molecule has 120 valence electrons. The highest BCUT2D eigenvalue weighted by Crippen LogP contribution is 2.32. The van der Waals surface area contributed by atoms with Gasteiger partial charge in [0.1, 0.15) is 0 Å². The lowest BCUT2D eigenvalue weighted by Gasteiger charge is -2.12. The highest BCUT2D eigenvalue weighted by atomic mass is 32.2. The predicted octanol–water partition coefficient (Wildman–Crippen LogP) is 2.55. The molecule has 0 amide bonds. The van der Waals surface area contributed by atoms with Gasteiger partial charge < -0.3 is 0 Å². The molecule has 1 heterocycles. The van der Waals surface area contributed by atoms with Crippen molar-refractivity contribution in [3.63, 3.8) is 0 Å². The van der Waals surface area contributed by atoms with Crippen LogP contribution in [0.15, 0.2) is 24.3 Å². The molecule has 0 N–H and O–H groups in total. The number of hydrogen-bond acceptors (Lipinski definition) is 4. The maximum atomic E-state index is 12.9. The van der Waals surface area contributed by atoms with Crippen LogP contribution in [0.2, 0.25) is 0 Å². The second kappa shape index (κ2) is 6.99. The number of benzene rings is 1. The van der Waals surface area contributed by atoms with Gasteiger partial charge in [-0.05, 0) is 28.5 Å². The molecular weight excluding hydrogens is 317 g/mol. The van der Waals surface area contributed by atoms with Crippen molar-refractivity contribution in [2.75, 3.05) is 0 Å². The van der Waals surface area contributed by atoms with Crippen LogP contribution in [0.1, 0.15) is 30.3 Å². The van der Waals surface area contributed by atoms with Gasteiger partial charge in [-0.1, -0.05) is 25.1 Å². The van der Waals surface area contributed by atoms with Gasteiger partial charge in [-0.3, -0.25) is 4.21 Å². The lowest BCUT2D eigenvalue weighted by atomic mass is 10.1. The van der Waals surface area contributed by atoms with E-state index in [1.165, 1.54) is 22.9 Å². The van der Waals surface area contributed by atoms with Crippen LogP contribution in [-0.2, 0) is 35.0 Å². The zero-order valence-corrected chi connectivity index (χ0v) is 12.7. The van der Waals surface area contributed by atoms with E-state index in [1.54, 1.807) is 0 Å². The van der Waals surface area contributed by atoms with E-state index in [2.05, 4.69) is 15.5 Å². The van der Waals surface area contributed by atoms with E-state index in [0.717, 1.165) is 12.5 Å². The molecule has 0 fully saturated rings. The van der Waals surface area contributed by atoms with Crippen molar-refractivity contribution in [1.29, 1.82) is 0 Å². The molecule has 5 nitrogen and oxygen atoms in total. The fourth-order valence-electron chi connectivity index (χ4n) is 2.00. The molecule has 2 rings (SSSR count). The number of rotatable bonds is 6. The Morgan fingerprint density at radius 2 is 1.95 bits per heavy atom. The first-order chi connectivity index (χ1) is 10.4. The summed E-state index contributed by atoms with van der Waals surface area (Å²) in [5.41, 5.74) is -0.737. The van der Waals surface area contributed by atoms with Gasteiger partial charge in [0.15, 0.2) is 5.82 Å². The zero-order valence-electron chi connectivity index (χ0n) is 11.9. The summed E-state index contributed by atoms with van der Waals surface area (Å²) < 4.78 is 52.4. The molecule has 1 aromatic carbocycles. The zero-order chi connectivity index (χ0) is 16.2. The number of tetrazole rings is 1. The number of alkyl halides is 3. The molecule has 0 saturated carbocycles. The summed E-state index contributed by atoms with van der Waals surface area (Å²) in [4.78, 5) is 0. The van der Waals surface area contributed by atoms with Crippen molar-refractivity contribution < 1.29 is 17.4 Å². The van der Waals surface area contributed by atoms with E-state index < -0.39 is 22.5 Å². The summed E-state index contributed by atoms with van der Waals surface area (Å²) in [7, 11) is -1.52. The Labute approximate surface area is 128 Å². The van der Waals surface area contributed by atoms with E-state index >= 15 is 0 Å². The van der Waals surface area contributed by atoms with Gasteiger partial charge in [0.25, 0.3) is 0 Å². The summed E-state index contributed by atoms with van der Waals surface area (Å²) >= 11 is 0. The maximum absolute atomic E-state index is 12.9. The van der Waals surface area contributed by atoms with Gasteiger partial charge in [0.2, 0.25) is 0 Å². The largest absolute Gasteiger partial charge is 0.416 e. The SMILES string of the molecule is CCCn1nnnc1CS(=O)Cc1ccccc1C(F)(F)F. The van der Waals surface area contributed by atoms with Gasteiger partial charge in [-0.2, -0.15) is 13.2 Å². The van der Waals surface area contributed by atoms with Crippen LogP contribution in [0.4, 0.5) is 13.2 Å². The third-order valence-corrected chi connectivity index (χ3v) is 4.18. The number of aryl methyl sites for hydroxylation is 1. The molecule has 0 aliphatic heterocycles. The van der Waals surface area contributed by atoms with Crippen molar-refractivity contribution in [3.8, 4) is 0 Å². The molecule has 0 aliphatic carbocycles. The Kier molecular flexibility index (Phi) is 5.28. The number of nitrogens with zero attached hydrogens (tertiary/aromatic N) is 4. The van der Waals surface area contributed by atoms with Crippen molar-refractivity contribution in [2.45, 2.75) is 37.6 Å². The monoisotopic (exact) mass is 332 g/mol. The number of aromatic nitrogens is 4. The van der Waals surface area contributed by atoms with Crippen molar-refractivity contribution in [3.05, 3.63) is 41.2 Å². The fraction of sp³-hybridized carbons (Fsp3) is 0.462. The minimum Gasteiger partial charge on any atom is -0.259 e.